The number of aliphatic hydroxyl groups is 1. The zero-order valence-corrected chi connectivity index (χ0v) is 12.2. The molecule has 1 aromatic heterocycles. The molecule has 0 saturated heterocycles. The summed E-state index contributed by atoms with van der Waals surface area (Å²) in [6.07, 6.45) is 1.94. The maximum atomic E-state index is 12.4. The molecule has 3 aromatic rings. The summed E-state index contributed by atoms with van der Waals surface area (Å²) in [6, 6.07) is 14.9. The fourth-order valence-electron chi connectivity index (χ4n) is 2.40. The molecule has 1 amide bonds. The number of hydrogen-bond donors (Lipinski definition) is 3. The van der Waals surface area contributed by atoms with E-state index >= 15 is 0 Å². The third kappa shape index (κ3) is 2.84. The molecule has 3 rings (SSSR count). The molecule has 0 aliphatic carbocycles. The highest BCUT2D eigenvalue weighted by atomic mass is 16.3. The molecule has 112 valence electrons. The second-order valence-corrected chi connectivity index (χ2v) is 5.53. The first-order valence-electron chi connectivity index (χ1n) is 7.06. The number of aromatic amines is 1. The van der Waals surface area contributed by atoms with Gasteiger partial charge in [-0.25, -0.2) is 0 Å². The van der Waals surface area contributed by atoms with Gasteiger partial charge in [0.05, 0.1) is 17.4 Å². The van der Waals surface area contributed by atoms with Crippen molar-refractivity contribution in [2.75, 3.05) is 5.32 Å². The van der Waals surface area contributed by atoms with Gasteiger partial charge in [-0.2, -0.15) is 5.10 Å². The summed E-state index contributed by atoms with van der Waals surface area (Å²) in [4.78, 5) is 12.4. The average molecular weight is 295 g/mol. The minimum absolute atomic E-state index is 0.249. The van der Waals surface area contributed by atoms with Crippen LogP contribution < -0.4 is 5.32 Å². The average Bonchev–Trinajstić information content (AvgIpc) is 2.97. The number of fused-ring (bicyclic) bond motifs is 1. The van der Waals surface area contributed by atoms with Gasteiger partial charge in [-0.05, 0) is 18.6 Å². The highest BCUT2D eigenvalue weighted by Crippen LogP contribution is 2.22. The van der Waals surface area contributed by atoms with Crippen LogP contribution in [-0.4, -0.2) is 26.8 Å². The molecule has 0 bridgehead atoms. The molecule has 1 unspecified atom stereocenters. The van der Waals surface area contributed by atoms with Crippen molar-refractivity contribution < 1.29 is 9.90 Å². The predicted octanol–water partition coefficient (Wildman–Crippen LogP) is 2.50. The first-order valence-corrected chi connectivity index (χ1v) is 7.06. The van der Waals surface area contributed by atoms with Gasteiger partial charge in [0.25, 0.3) is 5.91 Å². The van der Waals surface area contributed by atoms with E-state index in [0.29, 0.717) is 5.69 Å². The molecular formula is C17H17N3O2. The van der Waals surface area contributed by atoms with Crippen LogP contribution in [0.4, 0.5) is 5.69 Å². The van der Waals surface area contributed by atoms with Crippen LogP contribution >= 0.6 is 0 Å². The van der Waals surface area contributed by atoms with Crippen molar-refractivity contribution in [2.24, 2.45) is 0 Å². The predicted molar refractivity (Wildman–Crippen MR) is 85.5 cm³/mol. The van der Waals surface area contributed by atoms with Crippen molar-refractivity contribution in [1.82, 2.24) is 10.2 Å². The van der Waals surface area contributed by atoms with E-state index in [1.807, 2.05) is 42.5 Å². The number of hydrogen-bond acceptors (Lipinski definition) is 3. The van der Waals surface area contributed by atoms with Gasteiger partial charge in [-0.3, -0.25) is 9.89 Å². The molecular weight excluding hydrogens is 278 g/mol. The van der Waals surface area contributed by atoms with Crippen LogP contribution in [0.25, 0.3) is 10.9 Å². The largest absolute Gasteiger partial charge is 0.380 e. The Bertz CT molecular complexity index is 794. The Morgan fingerprint density at radius 1 is 1.23 bits per heavy atom. The van der Waals surface area contributed by atoms with Crippen LogP contribution in [0.5, 0.6) is 0 Å². The summed E-state index contributed by atoms with van der Waals surface area (Å²) >= 11 is 0. The Morgan fingerprint density at radius 3 is 2.77 bits per heavy atom. The maximum absolute atomic E-state index is 12.4. The molecule has 0 saturated carbocycles. The first-order chi connectivity index (χ1) is 10.6. The van der Waals surface area contributed by atoms with Gasteiger partial charge < -0.3 is 10.4 Å². The summed E-state index contributed by atoms with van der Waals surface area (Å²) in [5.41, 5.74) is 0.755. The van der Waals surface area contributed by atoms with Crippen LogP contribution in [0.1, 0.15) is 12.5 Å². The Hall–Kier alpha value is -2.66. The van der Waals surface area contributed by atoms with Gasteiger partial charge in [-0.1, -0.05) is 42.5 Å². The normalized spacial score (nSPS) is 13.7. The van der Waals surface area contributed by atoms with Gasteiger partial charge >= 0.3 is 0 Å². The summed E-state index contributed by atoms with van der Waals surface area (Å²) in [7, 11) is 0. The van der Waals surface area contributed by atoms with Crippen molar-refractivity contribution in [1.29, 1.82) is 0 Å². The van der Waals surface area contributed by atoms with Crippen molar-refractivity contribution >= 4 is 22.5 Å². The van der Waals surface area contributed by atoms with Crippen LogP contribution in [0.2, 0.25) is 0 Å². The molecule has 0 aliphatic rings. The molecule has 0 spiro atoms. The third-order valence-corrected chi connectivity index (χ3v) is 3.61. The van der Waals surface area contributed by atoms with Gasteiger partial charge in [0.2, 0.25) is 0 Å². The van der Waals surface area contributed by atoms with Crippen LogP contribution in [0.3, 0.4) is 0 Å². The molecule has 5 nitrogen and oxygen atoms in total. The van der Waals surface area contributed by atoms with E-state index in [1.54, 1.807) is 12.3 Å². The lowest BCUT2D eigenvalue weighted by Crippen LogP contribution is -2.42. The van der Waals surface area contributed by atoms with Gasteiger partial charge in [-0.15, -0.1) is 0 Å². The number of aromatic nitrogens is 2. The molecule has 0 fully saturated rings. The lowest BCUT2D eigenvalue weighted by atomic mass is 9.95. The van der Waals surface area contributed by atoms with E-state index in [-0.39, 0.29) is 6.42 Å². The number of para-hydroxylation sites is 1. The number of H-pyrrole nitrogens is 1. The second kappa shape index (κ2) is 5.61. The molecule has 0 aliphatic heterocycles. The highest BCUT2D eigenvalue weighted by Gasteiger charge is 2.30. The lowest BCUT2D eigenvalue weighted by Gasteiger charge is -2.22. The minimum Gasteiger partial charge on any atom is -0.380 e. The smallest absolute Gasteiger partial charge is 0.256 e. The number of nitrogens with zero attached hydrogens (tertiary/aromatic N) is 1. The van der Waals surface area contributed by atoms with Crippen molar-refractivity contribution in [3.05, 3.63) is 60.3 Å². The number of amides is 1. The second-order valence-electron chi connectivity index (χ2n) is 5.53. The van der Waals surface area contributed by atoms with E-state index in [1.165, 1.54) is 6.92 Å². The Labute approximate surface area is 128 Å². The maximum Gasteiger partial charge on any atom is 0.256 e. The van der Waals surface area contributed by atoms with E-state index in [9.17, 15) is 9.90 Å². The molecule has 22 heavy (non-hydrogen) atoms. The first kappa shape index (κ1) is 14.3. The summed E-state index contributed by atoms with van der Waals surface area (Å²) in [6.45, 7) is 1.52. The van der Waals surface area contributed by atoms with E-state index in [0.717, 1.165) is 16.5 Å². The van der Waals surface area contributed by atoms with E-state index in [2.05, 4.69) is 15.5 Å². The number of rotatable bonds is 4. The number of benzene rings is 2. The monoisotopic (exact) mass is 295 g/mol. The zero-order valence-electron chi connectivity index (χ0n) is 12.2. The Morgan fingerprint density at radius 2 is 2.00 bits per heavy atom. The van der Waals surface area contributed by atoms with Crippen LogP contribution in [0, 0.1) is 0 Å². The molecule has 1 atom stereocenters. The topological polar surface area (TPSA) is 78.0 Å². The Balaban J connectivity index is 1.80. The van der Waals surface area contributed by atoms with Gasteiger partial charge in [0, 0.05) is 11.8 Å². The van der Waals surface area contributed by atoms with E-state index in [4.69, 9.17) is 0 Å². The van der Waals surface area contributed by atoms with Gasteiger partial charge in [0.15, 0.2) is 0 Å². The summed E-state index contributed by atoms with van der Waals surface area (Å²) in [5.74, 6) is -0.446. The quantitative estimate of drug-likeness (QED) is 0.692. The number of carbonyl (C=O) groups excluding carboxylic acids is 1. The fraction of sp³-hybridized carbons (Fsp3) is 0.176. The lowest BCUT2D eigenvalue weighted by molar-refractivity contribution is -0.132. The summed E-state index contributed by atoms with van der Waals surface area (Å²) in [5, 5.41) is 21.0. The fourth-order valence-corrected chi connectivity index (χ4v) is 2.40. The van der Waals surface area contributed by atoms with E-state index < -0.39 is 11.5 Å². The number of anilines is 1. The SMILES string of the molecule is CC(O)(Cc1ccccc1)C(=O)Nc1cccc2cn[nH]c12. The molecule has 2 aromatic carbocycles. The third-order valence-electron chi connectivity index (χ3n) is 3.61. The minimum atomic E-state index is -1.50. The summed E-state index contributed by atoms with van der Waals surface area (Å²) < 4.78 is 0. The molecule has 5 heteroatoms. The standard InChI is InChI=1S/C17H17N3O2/c1-17(22,10-12-6-3-2-4-7-12)16(21)19-14-9-5-8-13-11-18-20-15(13)14/h2-9,11,22H,10H2,1H3,(H,18,20)(H,19,21). The molecule has 3 N–H and O–H groups in total. The van der Waals surface area contributed by atoms with Crippen molar-refractivity contribution in [2.45, 2.75) is 18.9 Å². The number of nitrogens with one attached hydrogen (secondary N) is 2. The van der Waals surface area contributed by atoms with Gasteiger partial charge in [0.1, 0.15) is 5.60 Å². The van der Waals surface area contributed by atoms with Crippen LogP contribution in [-0.2, 0) is 11.2 Å². The highest BCUT2D eigenvalue weighted by molar-refractivity contribution is 6.03. The molecule has 1 heterocycles. The van der Waals surface area contributed by atoms with Crippen molar-refractivity contribution in [3.63, 3.8) is 0 Å². The van der Waals surface area contributed by atoms with Crippen LogP contribution in [0.15, 0.2) is 54.7 Å². The zero-order chi connectivity index (χ0) is 15.6. The molecule has 0 radical (unpaired) electrons. The Kier molecular flexibility index (Phi) is 3.65. The number of carbonyl (C=O) groups is 1. The van der Waals surface area contributed by atoms with Crippen molar-refractivity contribution in [3.8, 4) is 0 Å².